The molecule has 1 aromatic heterocycles. The van der Waals surface area contributed by atoms with Crippen LogP contribution in [0.5, 0.6) is 5.75 Å². The van der Waals surface area contributed by atoms with Gasteiger partial charge in [0.1, 0.15) is 5.75 Å². The summed E-state index contributed by atoms with van der Waals surface area (Å²) in [6, 6.07) is 7.88. The number of halogens is 2. The number of thiophene rings is 1. The smallest absolute Gasteiger partial charge is 0.120 e. The molecule has 2 aromatic rings. The Kier molecular flexibility index (Phi) is 4.46. The maximum Gasteiger partial charge on any atom is 0.120 e. The second-order valence-electron chi connectivity index (χ2n) is 3.55. The lowest BCUT2D eigenvalue weighted by molar-refractivity contribution is 0.414. The van der Waals surface area contributed by atoms with Gasteiger partial charge in [-0.25, -0.2) is 0 Å². The highest BCUT2D eigenvalue weighted by atomic mass is 127. The number of hydrogen-bond donors (Lipinski definition) is 1. The minimum absolute atomic E-state index is 0.102. The van der Waals surface area contributed by atoms with Crippen molar-refractivity contribution in [1.82, 2.24) is 0 Å². The van der Waals surface area contributed by atoms with Crippen LogP contribution in [0.15, 0.2) is 34.1 Å². The standard InChI is InChI=1S/C12H11BrINOS/c1-16-8-2-3-9(10(13)5-8)12(15)7-4-11(14)17-6-7/h2-6,12H,15H2,1H3. The molecule has 0 saturated carbocycles. The highest BCUT2D eigenvalue weighted by molar-refractivity contribution is 14.1. The molecule has 1 heterocycles. The molecular weight excluding hydrogens is 413 g/mol. The quantitative estimate of drug-likeness (QED) is 0.752. The van der Waals surface area contributed by atoms with Gasteiger partial charge in [-0.1, -0.05) is 22.0 Å². The first-order chi connectivity index (χ1) is 8.11. The van der Waals surface area contributed by atoms with E-state index in [1.165, 1.54) is 2.88 Å². The van der Waals surface area contributed by atoms with Crippen LogP contribution in [0.2, 0.25) is 0 Å². The van der Waals surface area contributed by atoms with Gasteiger partial charge >= 0.3 is 0 Å². The third-order valence-corrected chi connectivity index (χ3v) is 4.98. The monoisotopic (exact) mass is 423 g/mol. The Morgan fingerprint density at radius 2 is 2.18 bits per heavy atom. The lowest BCUT2D eigenvalue weighted by Crippen LogP contribution is -2.11. The molecule has 0 aliphatic heterocycles. The SMILES string of the molecule is COc1ccc(C(N)c2csc(I)c2)c(Br)c1. The van der Waals surface area contributed by atoms with Crippen molar-refractivity contribution in [2.45, 2.75) is 6.04 Å². The van der Waals surface area contributed by atoms with E-state index in [0.717, 1.165) is 21.3 Å². The molecule has 17 heavy (non-hydrogen) atoms. The molecule has 0 fully saturated rings. The molecule has 5 heteroatoms. The molecule has 2 N–H and O–H groups in total. The largest absolute Gasteiger partial charge is 0.497 e. The molecule has 0 saturated heterocycles. The lowest BCUT2D eigenvalue weighted by atomic mass is 10.0. The summed E-state index contributed by atoms with van der Waals surface area (Å²) in [5.41, 5.74) is 8.47. The van der Waals surface area contributed by atoms with Gasteiger partial charge in [-0.3, -0.25) is 0 Å². The molecule has 0 aliphatic rings. The molecule has 0 radical (unpaired) electrons. The maximum atomic E-state index is 6.25. The fourth-order valence-electron chi connectivity index (χ4n) is 1.55. The fourth-order valence-corrected chi connectivity index (χ4v) is 3.57. The van der Waals surface area contributed by atoms with Gasteiger partial charge in [0.2, 0.25) is 0 Å². The van der Waals surface area contributed by atoms with E-state index in [-0.39, 0.29) is 6.04 Å². The van der Waals surface area contributed by atoms with Crippen molar-refractivity contribution in [3.05, 3.63) is 48.1 Å². The number of methoxy groups -OCH3 is 1. The summed E-state index contributed by atoms with van der Waals surface area (Å²) in [6.45, 7) is 0. The first-order valence-corrected chi connectivity index (χ1v) is 7.70. The van der Waals surface area contributed by atoms with Crippen LogP contribution in [0.3, 0.4) is 0 Å². The van der Waals surface area contributed by atoms with Gasteiger partial charge in [0.25, 0.3) is 0 Å². The number of nitrogens with two attached hydrogens (primary N) is 1. The summed E-state index contributed by atoms with van der Waals surface area (Å²) in [5.74, 6) is 0.827. The molecule has 1 atom stereocenters. The predicted octanol–water partition coefficient (Wildman–Crippen LogP) is 4.17. The van der Waals surface area contributed by atoms with Gasteiger partial charge in [0.05, 0.1) is 16.0 Å². The fraction of sp³-hybridized carbons (Fsp3) is 0.167. The third-order valence-electron chi connectivity index (χ3n) is 2.49. The van der Waals surface area contributed by atoms with Gasteiger partial charge in [-0.15, -0.1) is 11.3 Å². The van der Waals surface area contributed by atoms with E-state index in [1.807, 2.05) is 18.2 Å². The zero-order chi connectivity index (χ0) is 12.4. The summed E-state index contributed by atoms with van der Waals surface area (Å²) >= 11 is 7.55. The summed E-state index contributed by atoms with van der Waals surface area (Å²) in [6.07, 6.45) is 0. The van der Waals surface area contributed by atoms with Crippen LogP contribution in [0.4, 0.5) is 0 Å². The highest BCUT2D eigenvalue weighted by Gasteiger charge is 2.14. The lowest BCUT2D eigenvalue weighted by Gasteiger charge is -2.13. The van der Waals surface area contributed by atoms with Crippen LogP contribution in [0.25, 0.3) is 0 Å². The van der Waals surface area contributed by atoms with Crippen molar-refractivity contribution in [1.29, 1.82) is 0 Å². The maximum absolute atomic E-state index is 6.25. The summed E-state index contributed by atoms with van der Waals surface area (Å²) < 4.78 is 7.39. The summed E-state index contributed by atoms with van der Waals surface area (Å²) in [5, 5.41) is 2.10. The number of benzene rings is 1. The van der Waals surface area contributed by atoms with Crippen molar-refractivity contribution in [2.75, 3.05) is 7.11 Å². The molecule has 0 aliphatic carbocycles. The number of ether oxygens (including phenoxy) is 1. The van der Waals surface area contributed by atoms with E-state index in [4.69, 9.17) is 10.5 Å². The highest BCUT2D eigenvalue weighted by Crippen LogP contribution is 2.32. The van der Waals surface area contributed by atoms with Gasteiger partial charge < -0.3 is 10.5 Å². The summed E-state index contributed by atoms with van der Waals surface area (Å²) in [4.78, 5) is 0. The Morgan fingerprint density at radius 3 is 2.71 bits per heavy atom. The van der Waals surface area contributed by atoms with Crippen LogP contribution < -0.4 is 10.5 Å². The number of hydrogen-bond acceptors (Lipinski definition) is 3. The first-order valence-electron chi connectivity index (χ1n) is 4.94. The second-order valence-corrected chi connectivity index (χ2v) is 7.21. The molecule has 90 valence electrons. The van der Waals surface area contributed by atoms with Crippen LogP contribution in [-0.2, 0) is 0 Å². The Bertz CT molecular complexity index is 529. The Hall–Kier alpha value is -0.110. The zero-order valence-electron chi connectivity index (χ0n) is 9.11. The Balaban J connectivity index is 2.34. The minimum Gasteiger partial charge on any atom is -0.497 e. The van der Waals surface area contributed by atoms with Crippen LogP contribution >= 0.6 is 49.9 Å². The van der Waals surface area contributed by atoms with Crippen LogP contribution in [-0.4, -0.2) is 7.11 Å². The van der Waals surface area contributed by atoms with Crippen molar-refractivity contribution < 1.29 is 4.74 Å². The summed E-state index contributed by atoms with van der Waals surface area (Å²) in [7, 11) is 1.66. The topological polar surface area (TPSA) is 35.2 Å². The average Bonchev–Trinajstić information content (AvgIpc) is 2.75. The van der Waals surface area contributed by atoms with Crippen molar-refractivity contribution in [2.24, 2.45) is 5.73 Å². The van der Waals surface area contributed by atoms with Gasteiger partial charge in [-0.2, -0.15) is 0 Å². The van der Waals surface area contributed by atoms with Crippen molar-refractivity contribution in [3.8, 4) is 5.75 Å². The van der Waals surface area contributed by atoms with Gasteiger partial charge in [0, 0.05) is 4.47 Å². The van der Waals surface area contributed by atoms with E-state index < -0.39 is 0 Å². The van der Waals surface area contributed by atoms with Crippen LogP contribution in [0.1, 0.15) is 17.2 Å². The number of rotatable bonds is 3. The normalized spacial score (nSPS) is 12.5. The zero-order valence-corrected chi connectivity index (χ0v) is 13.7. The second kappa shape index (κ2) is 5.69. The molecule has 0 spiro atoms. The van der Waals surface area contributed by atoms with E-state index in [2.05, 4.69) is 50.0 Å². The van der Waals surface area contributed by atoms with Crippen molar-refractivity contribution in [3.63, 3.8) is 0 Å². The predicted molar refractivity (Wildman–Crippen MR) is 83.8 cm³/mol. The molecule has 2 rings (SSSR count). The van der Waals surface area contributed by atoms with Crippen molar-refractivity contribution >= 4 is 49.9 Å². The first kappa shape index (κ1) is 13.3. The van der Waals surface area contributed by atoms with Gasteiger partial charge in [-0.05, 0) is 57.3 Å². The van der Waals surface area contributed by atoms with Crippen LogP contribution in [0, 0.1) is 2.88 Å². The molecule has 1 aromatic carbocycles. The molecule has 0 bridgehead atoms. The van der Waals surface area contributed by atoms with E-state index in [0.29, 0.717) is 0 Å². The van der Waals surface area contributed by atoms with E-state index >= 15 is 0 Å². The molecular formula is C12H11BrINOS. The molecule has 1 unspecified atom stereocenters. The molecule has 0 amide bonds. The molecule has 2 nitrogen and oxygen atoms in total. The van der Waals surface area contributed by atoms with Gasteiger partial charge in [0.15, 0.2) is 0 Å². The van der Waals surface area contributed by atoms with E-state index in [1.54, 1.807) is 18.4 Å². The van der Waals surface area contributed by atoms with E-state index in [9.17, 15) is 0 Å². The Morgan fingerprint density at radius 1 is 1.41 bits per heavy atom. The Labute approximate surface area is 126 Å². The minimum atomic E-state index is -0.102. The third kappa shape index (κ3) is 3.01. The average molecular weight is 424 g/mol.